The van der Waals surface area contributed by atoms with Crippen LogP contribution in [-0.2, 0) is 6.18 Å². The number of likely N-dealkylation sites (tertiary alicyclic amines) is 2. The minimum Gasteiger partial charge on any atom is -0.334 e. The van der Waals surface area contributed by atoms with E-state index in [2.05, 4.69) is 16.8 Å². The molecule has 0 aromatic carbocycles. The molecule has 2 aliphatic heterocycles. The normalized spacial score (nSPS) is 25.4. The molecule has 0 N–H and O–H groups in total. The van der Waals surface area contributed by atoms with Crippen LogP contribution in [0.4, 0.5) is 13.2 Å². The average Bonchev–Trinajstić information content (AvgIpc) is 3.21. The number of halogens is 3. The molecule has 2 saturated heterocycles. The third-order valence-electron chi connectivity index (χ3n) is 5.13. The van der Waals surface area contributed by atoms with Gasteiger partial charge in [-0.15, -0.1) is 0 Å². The van der Waals surface area contributed by atoms with Crippen molar-refractivity contribution >= 4 is 5.91 Å². The Morgan fingerprint density at radius 3 is 2.54 bits per heavy atom. The second-order valence-electron chi connectivity index (χ2n) is 6.48. The van der Waals surface area contributed by atoms with E-state index < -0.39 is 11.9 Å². The van der Waals surface area contributed by atoms with Crippen molar-refractivity contribution in [1.29, 1.82) is 0 Å². The Bertz CT molecular complexity index is 588. The number of hydrogen-bond donors (Lipinski definition) is 0. The molecule has 24 heavy (non-hydrogen) atoms. The molecule has 1 aromatic rings. The summed E-state index contributed by atoms with van der Waals surface area (Å²) in [7, 11) is 0. The largest absolute Gasteiger partial charge is 0.433 e. The van der Waals surface area contributed by atoms with Gasteiger partial charge in [-0.25, -0.2) is 0 Å². The highest BCUT2D eigenvalue weighted by molar-refractivity contribution is 5.94. The molecule has 0 aliphatic carbocycles. The highest BCUT2D eigenvalue weighted by Crippen LogP contribution is 2.31. The number of aromatic nitrogens is 1. The zero-order valence-corrected chi connectivity index (χ0v) is 13.7. The lowest BCUT2D eigenvalue weighted by Gasteiger charge is -2.34. The number of carbonyl (C=O) groups is 1. The molecule has 0 bridgehead atoms. The van der Waals surface area contributed by atoms with Crippen LogP contribution in [-0.4, -0.2) is 52.4 Å². The number of carbonyl (C=O) groups excluding carboxylic acids is 1. The van der Waals surface area contributed by atoms with Crippen LogP contribution < -0.4 is 0 Å². The molecule has 2 atom stereocenters. The van der Waals surface area contributed by atoms with Crippen molar-refractivity contribution in [1.82, 2.24) is 14.8 Å². The predicted octanol–water partition coefficient (Wildman–Crippen LogP) is 3.19. The summed E-state index contributed by atoms with van der Waals surface area (Å²) in [6.07, 6.45) is 0.682. The second kappa shape index (κ2) is 6.70. The number of rotatable bonds is 3. The molecule has 0 radical (unpaired) electrons. The van der Waals surface area contributed by atoms with Crippen LogP contribution in [0.15, 0.2) is 18.3 Å². The summed E-state index contributed by atoms with van der Waals surface area (Å²) >= 11 is 0. The first-order valence-electron chi connectivity index (χ1n) is 8.50. The molecule has 4 nitrogen and oxygen atoms in total. The van der Waals surface area contributed by atoms with E-state index in [1.54, 1.807) is 0 Å². The lowest BCUT2D eigenvalue weighted by atomic mass is 10.0. The van der Waals surface area contributed by atoms with Crippen LogP contribution in [0, 0.1) is 0 Å². The van der Waals surface area contributed by atoms with Crippen molar-refractivity contribution in [2.24, 2.45) is 0 Å². The maximum Gasteiger partial charge on any atom is 0.433 e. The second-order valence-corrected chi connectivity index (χ2v) is 6.48. The molecular weight excluding hydrogens is 319 g/mol. The smallest absolute Gasteiger partial charge is 0.334 e. The van der Waals surface area contributed by atoms with Gasteiger partial charge in [0.1, 0.15) is 5.69 Å². The Morgan fingerprint density at radius 1 is 1.21 bits per heavy atom. The number of nitrogens with zero attached hydrogens (tertiary/aromatic N) is 3. The van der Waals surface area contributed by atoms with E-state index in [1.165, 1.54) is 6.07 Å². The summed E-state index contributed by atoms with van der Waals surface area (Å²) in [5.41, 5.74) is -0.735. The summed E-state index contributed by atoms with van der Waals surface area (Å²) in [5.74, 6) is -0.207. The van der Waals surface area contributed by atoms with Crippen molar-refractivity contribution in [2.45, 2.75) is 50.9 Å². The molecule has 1 amide bonds. The van der Waals surface area contributed by atoms with Gasteiger partial charge in [0.15, 0.2) is 0 Å². The first-order chi connectivity index (χ1) is 11.4. The molecular formula is C17H22F3N3O. The molecule has 0 saturated carbocycles. The molecule has 132 valence electrons. The number of likely N-dealkylation sites (N-methyl/N-ethyl adjacent to an activating group) is 1. The van der Waals surface area contributed by atoms with Crippen molar-refractivity contribution in [3.8, 4) is 0 Å². The molecule has 3 heterocycles. The van der Waals surface area contributed by atoms with Gasteiger partial charge in [-0.1, -0.05) is 6.92 Å². The fourth-order valence-corrected chi connectivity index (χ4v) is 3.98. The fourth-order valence-electron chi connectivity index (χ4n) is 3.98. The first-order valence-corrected chi connectivity index (χ1v) is 8.50. The zero-order valence-electron chi connectivity index (χ0n) is 13.7. The van der Waals surface area contributed by atoms with Crippen LogP contribution in [0.2, 0.25) is 0 Å². The van der Waals surface area contributed by atoms with Crippen LogP contribution in [0.3, 0.4) is 0 Å². The van der Waals surface area contributed by atoms with Crippen LogP contribution >= 0.6 is 0 Å². The maximum absolute atomic E-state index is 12.8. The van der Waals surface area contributed by atoms with Crippen molar-refractivity contribution < 1.29 is 18.0 Å². The SMILES string of the molecule is CCN1CCCC1C1CCCN1C(=O)c1ccc(C(F)(F)F)nc1. The van der Waals surface area contributed by atoms with Gasteiger partial charge in [-0.2, -0.15) is 13.2 Å². The number of alkyl halides is 3. The van der Waals surface area contributed by atoms with E-state index in [4.69, 9.17) is 0 Å². The third kappa shape index (κ3) is 3.27. The molecule has 2 aliphatic rings. The van der Waals surface area contributed by atoms with Crippen molar-refractivity contribution in [3.05, 3.63) is 29.6 Å². The monoisotopic (exact) mass is 341 g/mol. The molecule has 0 spiro atoms. The van der Waals surface area contributed by atoms with Crippen LogP contribution in [0.25, 0.3) is 0 Å². The Hall–Kier alpha value is -1.63. The first kappa shape index (κ1) is 17.2. The Labute approximate surface area is 139 Å². The van der Waals surface area contributed by atoms with E-state index in [0.717, 1.165) is 51.0 Å². The summed E-state index contributed by atoms with van der Waals surface area (Å²) in [5, 5.41) is 0. The van der Waals surface area contributed by atoms with E-state index in [-0.39, 0.29) is 17.5 Å². The van der Waals surface area contributed by atoms with Gasteiger partial charge in [-0.05, 0) is 50.9 Å². The van der Waals surface area contributed by atoms with E-state index in [1.807, 2.05) is 4.90 Å². The fraction of sp³-hybridized carbons (Fsp3) is 0.647. The third-order valence-corrected chi connectivity index (χ3v) is 5.13. The van der Waals surface area contributed by atoms with Gasteiger partial charge in [0.2, 0.25) is 0 Å². The number of hydrogen-bond acceptors (Lipinski definition) is 3. The standard InChI is InChI=1S/C17H22F3N3O/c1-2-22-9-3-5-13(22)14-6-4-10-23(14)16(24)12-7-8-15(21-11-12)17(18,19)20/h7-8,11,13-14H,2-6,9-10H2,1H3. The average molecular weight is 341 g/mol. The van der Waals surface area contributed by atoms with Crippen LogP contribution in [0.1, 0.15) is 48.7 Å². The van der Waals surface area contributed by atoms with Gasteiger partial charge in [-0.3, -0.25) is 14.7 Å². The summed E-state index contributed by atoms with van der Waals surface area (Å²) in [6.45, 7) is 4.81. The minimum absolute atomic E-state index is 0.155. The van der Waals surface area contributed by atoms with Gasteiger partial charge < -0.3 is 4.90 Å². The zero-order chi connectivity index (χ0) is 17.3. The molecule has 2 unspecified atom stereocenters. The lowest BCUT2D eigenvalue weighted by molar-refractivity contribution is -0.141. The van der Waals surface area contributed by atoms with E-state index >= 15 is 0 Å². The van der Waals surface area contributed by atoms with E-state index in [9.17, 15) is 18.0 Å². The molecule has 7 heteroatoms. The van der Waals surface area contributed by atoms with Gasteiger partial charge >= 0.3 is 6.18 Å². The number of amides is 1. The van der Waals surface area contributed by atoms with E-state index in [0.29, 0.717) is 12.6 Å². The topological polar surface area (TPSA) is 36.4 Å². The summed E-state index contributed by atoms with van der Waals surface area (Å²) in [4.78, 5) is 20.4. The Kier molecular flexibility index (Phi) is 4.80. The Morgan fingerprint density at radius 2 is 1.92 bits per heavy atom. The molecule has 2 fully saturated rings. The maximum atomic E-state index is 12.8. The van der Waals surface area contributed by atoms with Gasteiger partial charge in [0.25, 0.3) is 5.91 Å². The summed E-state index contributed by atoms with van der Waals surface area (Å²) < 4.78 is 37.8. The summed E-state index contributed by atoms with van der Waals surface area (Å²) in [6, 6.07) is 2.64. The molecule has 3 rings (SSSR count). The lowest BCUT2D eigenvalue weighted by Crippen LogP contribution is -2.48. The molecule has 1 aromatic heterocycles. The number of pyridine rings is 1. The predicted molar refractivity (Wildman–Crippen MR) is 83.6 cm³/mol. The minimum atomic E-state index is -4.48. The van der Waals surface area contributed by atoms with Gasteiger partial charge in [0.05, 0.1) is 5.56 Å². The Balaban J connectivity index is 1.76. The highest BCUT2D eigenvalue weighted by atomic mass is 19.4. The highest BCUT2D eigenvalue weighted by Gasteiger charge is 2.39. The van der Waals surface area contributed by atoms with Gasteiger partial charge in [0, 0.05) is 24.8 Å². The van der Waals surface area contributed by atoms with Crippen LogP contribution in [0.5, 0.6) is 0 Å². The quantitative estimate of drug-likeness (QED) is 0.847. The van der Waals surface area contributed by atoms with Crippen molar-refractivity contribution in [2.75, 3.05) is 19.6 Å². The van der Waals surface area contributed by atoms with Crippen molar-refractivity contribution in [3.63, 3.8) is 0 Å².